The number of nitrogens with one attached hydrogen (secondary N) is 1. The van der Waals surface area contributed by atoms with Crippen molar-refractivity contribution in [1.29, 1.82) is 0 Å². The average molecular weight is 501 g/mol. The van der Waals surface area contributed by atoms with Crippen LogP contribution in [0.2, 0.25) is 5.02 Å². The summed E-state index contributed by atoms with van der Waals surface area (Å²) in [5.74, 6) is -0.432. The third-order valence-corrected chi connectivity index (χ3v) is 5.86. The lowest BCUT2D eigenvalue weighted by molar-refractivity contribution is -0.113. The molecule has 4 aromatic rings. The van der Waals surface area contributed by atoms with Gasteiger partial charge in [-0.3, -0.25) is 9.36 Å². The Labute approximate surface area is 203 Å². The SMILES string of the molecule is CC(Oc1ccc(F)cc1)c1nnc(SCC(=O)Nc2ccc(Cl)cc2F)n1-c1ccccc1. The van der Waals surface area contributed by atoms with Gasteiger partial charge < -0.3 is 10.1 Å². The van der Waals surface area contributed by atoms with Gasteiger partial charge in [0, 0.05) is 10.7 Å². The molecule has 1 unspecified atom stereocenters. The number of benzene rings is 3. The second kappa shape index (κ2) is 10.7. The lowest BCUT2D eigenvalue weighted by atomic mass is 10.3. The Hall–Kier alpha value is -3.43. The summed E-state index contributed by atoms with van der Waals surface area (Å²) in [7, 11) is 0. The average Bonchev–Trinajstić information content (AvgIpc) is 3.26. The molecule has 10 heteroatoms. The van der Waals surface area contributed by atoms with Gasteiger partial charge in [-0.2, -0.15) is 0 Å². The van der Waals surface area contributed by atoms with E-state index >= 15 is 0 Å². The first-order valence-corrected chi connectivity index (χ1v) is 11.6. The fraction of sp³-hybridized carbons (Fsp3) is 0.125. The second-order valence-corrected chi connectivity index (χ2v) is 8.57. The summed E-state index contributed by atoms with van der Waals surface area (Å²) in [6.45, 7) is 1.80. The molecule has 0 aliphatic carbocycles. The van der Waals surface area contributed by atoms with Crippen molar-refractivity contribution in [2.24, 2.45) is 0 Å². The molecule has 0 aliphatic rings. The molecule has 1 aromatic heterocycles. The number of hydrogen-bond donors (Lipinski definition) is 1. The minimum atomic E-state index is -0.618. The topological polar surface area (TPSA) is 69.0 Å². The third-order valence-electron chi connectivity index (χ3n) is 4.70. The maximum atomic E-state index is 14.0. The number of para-hydroxylation sites is 1. The summed E-state index contributed by atoms with van der Waals surface area (Å²) in [5, 5.41) is 11.7. The van der Waals surface area contributed by atoms with Gasteiger partial charge in [-0.05, 0) is 61.5 Å². The molecule has 0 radical (unpaired) electrons. The fourth-order valence-electron chi connectivity index (χ4n) is 3.13. The first kappa shape index (κ1) is 23.7. The van der Waals surface area contributed by atoms with Gasteiger partial charge in [0.25, 0.3) is 0 Å². The highest BCUT2D eigenvalue weighted by atomic mass is 35.5. The Bertz CT molecular complexity index is 1290. The Morgan fingerprint density at radius 1 is 1.09 bits per heavy atom. The van der Waals surface area contributed by atoms with Crippen LogP contribution in [0.4, 0.5) is 14.5 Å². The fourth-order valence-corrected chi connectivity index (χ4v) is 4.05. The molecule has 34 heavy (non-hydrogen) atoms. The van der Waals surface area contributed by atoms with Crippen molar-refractivity contribution >= 4 is 35.0 Å². The molecule has 0 saturated heterocycles. The van der Waals surface area contributed by atoms with Crippen LogP contribution in [0.1, 0.15) is 18.9 Å². The summed E-state index contributed by atoms with van der Waals surface area (Å²) in [6.07, 6.45) is -0.524. The van der Waals surface area contributed by atoms with Crippen LogP contribution >= 0.6 is 23.4 Å². The van der Waals surface area contributed by atoms with Crippen molar-refractivity contribution in [3.63, 3.8) is 0 Å². The van der Waals surface area contributed by atoms with Crippen molar-refractivity contribution in [1.82, 2.24) is 14.8 Å². The molecule has 1 N–H and O–H groups in total. The molecule has 0 saturated carbocycles. The Morgan fingerprint density at radius 2 is 1.82 bits per heavy atom. The van der Waals surface area contributed by atoms with Crippen LogP contribution in [0.3, 0.4) is 0 Å². The number of halogens is 3. The zero-order valence-corrected chi connectivity index (χ0v) is 19.5. The van der Waals surface area contributed by atoms with Gasteiger partial charge in [-0.15, -0.1) is 10.2 Å². The van der Waals surface area contributed by atoms with E-state index in [1.165, 1.54) is 36.4 Å². The van der Waals surface area contributed by atoms with Crippen molar-refractivity contribution in [3.8, 4) is 11.4 Å². The zero-order valence-electron chi connectivity index (χ0n) is 17.9. The van der Waals surface area contributed by atoms with Crippen molar-refractivity contribution in [2.45, 2.75) is 18.2 Å². The van der Waals surface area contributed by atoms with Crippen LogP contribution < -0.4 is 10.1 Å². The van der Waals surface area contributed by atoms with E-state index in [2.05, 4.69) is 15.5 Å². The number of carbonyl (C=O) groups is 1. The summed E-state index contributed by atoms with van der Waals surface area (Å²) >= 11 is 6.90. The lowest BCUT2D eigenvalue weighted by Crippen LogP contribution is -2.16. The number of amides is 1. The number of nitrogens with zero attached hydrogens (tertiary/aromatic N) is 3. The highest BCUT2D eigenvalue weighted by Gasteiger charge is 2.22. The largest absolute Gasteiger partial charge is 0.483 e. The van der Waals surface area contributed by atoms with Gasteiger partial charge in [-0.25, -0.2) is 8.78 Å². The summed E-state index contributed by atoms with van der Waals surface area (Å²) in [5.41, 5.74) is 0.824. The Kier molecular flexibility index (Phi) is 7.44. The van der Waals surface area contributed by atoms with Crippen LogP contribution in [-0.2, 0) is 4.79 Å². The van der Waals surface area contributed by atoms with Gasteiger partial charge in [-0.1, -0.05) is 41.6 Å². The van der Waals surface area contributed by atoms with Gasteiger partial charge in [0.15, 0.2) is 17.1 Å². The molecule has 0 aliphatic heterocycles. The lowest BCUT2D eigenvalue weighted by Gasteiger charge is -2.16. The maximum Gasteiger partial charge on any atom is 0.234 e. The first-order valence-electron chi connectivity index (χ1n) is 10.2. The van der Waals surface area contributed by atoms with E-state index in [1.54, 1.807) is 11.5 Å². The maximum absolute atomic E-state index is 14.0. The van der Waals surface area contributed by atoms with Gasteiger partial charge in [0.1, 0.15) is 17.4 Å². The molecule has 0 bridgehead atoms. The summed E-state index contributed by atoms with van der Waals surface area (Å²) < 4.78 is 34.9. The van der Waals surface area contributed by atoms with Crippen molar-refractivity contribution < 1.29 is 18.3 Å². The summed E-state index contributed by atoms with van der Waals surface area (Å²) in [4.78, 5) is 12.4. The molecule has 0 fully saturated rings. The standard InChI is InChI=1S/C24H19ClF2N4O2S/c1-15(33-19-10-8-17(26)9-11-19)23-29-30-24(31(23)18-5-3-2-4-6-18)34-14-22(32)28-21-12-7-16(25)13-20(21)27/h2-13,15H,14H2,1H3,(H,28,32). The first-order chi connectivity index (χ1) is 16.4. The Morgan fingerprint density at radius 3 is 2.53 bits per heavy atom. The van der Waals surface area contributed by atoms with E-state index in [0.717, 1.165) is 23.5 Å². The van der Waals surface area contributed by atoms with Crippen LogP contribution in [0.15, 0.2) is 78.0 Å². The molecule has 3 aromatic carbocycles. The second-order valence-electron chi connectivity index (χ2n) is 7.19. The molecule has 0 spiro atoms. The van der Waals surface area contributed by atoms with E-state index in [4.69, 9.17) is 16.3 Å². The van der Waals surface area contributed by atoms with Crippen LogP contribution in [-0.4, -0.2) is 26.4 Å². The number of thioether (sulfide) groups is 1. The minimum Gasteiger partial charge on any atom is -0.483 e. The van der Waals surface area contributed by atoms with E-state index < -0.39 is 17.8 Å². The number of ether oxygens (including phenoxy) is 1. The van der Waals surface area contributed by atoms with E-state index in [0.29, 0.717) is 16.7 Å². The molecule has 1 heterocycles. The molecule has 6 nitrogen and oxygen atoms in total. The molecular formula is C24H19ClF2N4O2S. The number of hydrogen-bond acceptors (Lipinski definition) is 5. The summed E-state index contributed by atoms with van der Waals surface area (Å²) in [6, 6.07) is 19.1. The quantitative estimate of drug-likeness (QED) is 0.297. The number of aromatic nitrogens is 3. The number of rotatable bonds is 8. The molecule has 1 amide bonds. The molecule has 1 atom stereocenters. The van der Waals surface area contributed by atoms with Crippen LogP contribution in [0.25, 0.3) is 5.69 Å². The van der Waals surface area contributed by atoms with Gasteiger partial charge in [0.05, 0.1) is 11.4 Å². The van der Waals surface area contributed by atoms with E-state index in [-0.39, 0.29) is 22.3 Å². The highest BCUT2D eigenvalue weighted by molar-refractivity contribution is 7.99. The number of carbonyl (C=O) groups excluding carboxylic acids is 1. The predicted octanol–water partition coefficient (Wildman–Crippen LogP) is 6.07. The van der Waals surface area contributed by atoms with E-state index in [1.807, 2.05) is 30.3 Å². The van der Waals surface area contributed by atoms with Crippen molar-refractivity contribution in [3.05, 3.63) is 95.3 Å². The van der Waals surface area contributed by atoms with E-state index in [9.17, 15) is 13.6 Å². The van der Waals surface area contributed by atoms with Gasteiger partial charge >= 0.3 is 0 Å². The van der Waals surface area contributed by atoms with Gasteiger partial charge in [0.2, 0.25) is 5.91 Å². The monoisotopic (exact) mass is 500 g/mol. The Balaban J connectivity index is 1.53. The molecule has 4 rings (SSSR count). The third kappa shape index (κ3) is 5.73. The normalized spacial score (nSPS) is 11.8. The number of anilines is 1. The van der Waals surface area contributed by atoms with Crippen LogP contribution in [0.5, 0.6) is 5.75 Å². The highest BCUT2D eigenvalue weighted by Crippen LogP contribution is 2.28. The zero-order chi connectivity index (χ0) is 24.1. The minimum absolute atomic E-state index is 0.0275. The molecule has 174 valence electrons. The van der Waals surface area contributed by atoms with Crippen LogP contribution in [0, 0.1) is 11.6 Å². The smallest absolute Gasteiger partial charge is 0.234 e. The molecular weight excluding hydrogens is 482 g/mol. The predicted molar refractivity (Wildman–Crippen MR) is 128 cm³/mol. The van der Waals surface area contributed by atoms with Crippen molar-refractivity contribution in [2.75, 3.05) is 11.1 Å².